The quantitative estimate of drug-likeness (QED) is 0.580. The molecule has 0 spiro atoms. The number of nitrogens with one attached hydrogen (secondary N) is 2. The van der Waals surface area contributed by atoms with E-state index in [1.54, 1.807) is 11.3 Å². The summed E-state index contributed by atoms with van der Waals surface area (Å²) < 4.78 is 5.45. The minimum absolute atomic E-state index is 0.703. The third-order valence-electron chi connectivity index (χ3n) is 4.41. The molecule has 1 aromatic heterocycles. The number of benzene rings is 1. The smallest absolute Gasteiger partial charge is 0.191 e. The Labute approximate surface area is 160 Å². The van der Waals surface area contributed by atoms with Crippen molar-refractivity contribution >= 4 is 17.3 Å². The van der Waals surface area contributed by atoms with E-state index in [-0.39, 0.29) is 0 Å². The second-order valence-corrected chi connectivity index (χ2v) is 7.12. The van der Waals surface area contributed by atoms with Crippen molar-refractivity contribution in [1.29, 1.82) is 0 Å². The summed E-state index contributed by atoms with van der Waals surface area (Å²) in [6, 6.07) is 10.8. The molecule has 5 nitrogen and oxygen atoms in total. The molecule has 2 N–H and O–H groups in total. The van der Waals surface area contributed by atoms with Crippen LogP contribution in [-0.2, 0) is 24.4 Å². The van der Waals surface area contributed by atoms with Gasteiger partial charge in [-0.05, 0) is 40.4 Å². The molecule has 0 amide bonds. The molecule has 2 aromatic rings. The van der Waals surface area contributed by atoms with Gasteiger partial charge in [0.2, 0.25) is 0 Å². The highest BCUT2D eigenvalue weighted by Crippen LogP contribution is 2.13. The molecule has 0 bridgehead atoms. The van der Waals surface area contributed by atoms with Crippen LogP contribution in [0.25, 0.3) is 0 Å². The molecule has 0 atom stereocenters. The first kappa shape index (κ1) is 18.9. The number of guanidine groups is 1. The average molecular weight is 373 g/mol. The zero-order valence-corrected chi connectivity index (χ0v) is 16.2. The summed E-state index contributed by atoms with van der Waals surface area (Å²) in [5.74, 6) is 0.861. The maximum Gasteiger partial charge on any atom is 0.191 e. The van der Waals surface area contributed by atoms with E-state index >= 15 is 0 Å². The van der Waals surface area contributed by atoms with Crippen LogP contribution in [0.5, 0.6) is 0 Å². The topological polar surface area (TPSA) is 48.9 Å². The van der Waals surface area contributed by atoms with Crippen molar-refractivity contribution in [3.05, 3.63) is 57.8 Å². The van der Waals surface area contributed by atoms with Gasteiger partial charge in [0.1, 0.15) is 0 Å². The van der Waals surface area contributed by atoms with Crippen LogP contribution < -0.4 is 10.6 Å². The Hall–Kier alpha value is -1.89. The second kappa shape index (κ2) is 10.3. The Bertz CT molecular complexity index is 681. The summed E-state index contributed by atoms with van der Waals surface area (Å²) in [6.07, 6.45) is 0. The second-order valence-electron chi connectivity index (χ2n) is 6.34. The minimum atomic E-state index is 0.703. The van der Waals surface area contributed by atoms with Gasteiger partial charge in [0.15, 0.2) is 5.96 Å². The van der Waals surface area contributed by atoms with E-state index in [4.69, 9.17) is 9.73 Å². The van der Waals surface area contributed by atoms with Crippen LogP contribution in [0.1, 0.15) is 23.6 Å². The number of rotatable bonds is 7. The highest BCUT2D eigenvalue weighted by atomic mass is 32.1. The van der Waals surface area contributed by atoms with Crippen molar-refractivity contribution in [3.8, 4) is 0 Å². The molecule has 1 aliphatic rings. The lowest BCUT2D eigenvalue weighted by molar-refractivity contribution is 0.0341. The van der Waals surface area contributed by atoms with Gasteiger partial charge in [0, 0.05) is 32.7 Å². The van der Waals surface area contributed by atoms with Gasteiger partial charge in [-0.2, -0.15) is 11.3 Å². The first-order valence-corrected chi connectivity index (χ1v) is 10.2. The standard InChI is InChI=1S/C20H28N4OS/c1-2-21-20(22-13-17-7-12-26-16-17)23-14-18-5-3-4-6-19(18)15-24-8-10-25-11-9-24/h3-7,12,16H,2,8-11,13-15H2,1H3,(H2,21,22,23). The van der Waals surface area contributed by atoms with Crippen molar-refractivity contribution in [2.24, 2.45) is 4.99 Å². The van der Waals surface area contributed by atoms with Gasteiger partial charge >= 0.3 is 0 Å². The molecule has 0 radical (unpaired) electrons. The van der Waals surface area contributed by atoms with Gasteiger partial charge in [-0.3, -0.25) is 4.90 Å². The van der Waals surface area contributed by atoms with Gasteiger partial charge in [0.05, 0.1) is 19.8 Å². The fraction of sp³-hybridized carbons (Fsp3) is 0.450. The predicted molar refractivity (Wildman–Crippen MR) is 109 cm³/mol. The molecular formula is C20H28N4OS. The van der Waals surface area contributed by atoms with Crippen molar-refractivity contribution in [2.45, 2.75) is 26.6 Å². The lowest BCUT2D eigenvalue weighted by Crippen LogP contribution is -2.38. The number of nitrogens with zero attached hydrogens (tertiary/aromatic N) is 2. The SMILES string of the molecule is CCNC(=NCc1ccsc1)NCc1ccccc1CN1CCOCC1. The maximum absolute atomic E-state index is 5.45. The van der Waals surface area contributed by atoms with E-state index in [0.29, 0.717) is 6.54 Å². The van der Waals surface area contributed by atoms with Crippen LogP contribution in [-0.4, -0.2) is 43.7 Å². The molecular weight excluding hydrogens is 344 g/mol. The Kier molecular flexibility index (Phi) is 7.49. The predicted octanol–water partition coefficient (Wildman–Crippen LogP) is 2.84. The van der Waals surface area contributed by atoms with Crippen molar-refractivity contribution in [3.63, 3.8) is 0 Å². The molecule has 1 aliphatic heterocycles. The van der Waals surface area contributed by atoms with Gasteiger partial charge in [-0.1, -0.05) is 24.3 Å². The fourth-order valence-electron chi connectivity index (χ4n) is 2.96. The van der Waals surface area contributed by atoms with Crippen molar-refractivity contribution in [2.75, 3.05) is 32.8 Å². The molecule has 1 fully saturated rings. The number of aliphatic imine (C=N–C) groups is 1. The average Bonchev–Trinajstić information content (AvgIpc) is 3.19. The van der Waals surface area contributed by atoms with E-state index in [1.165, 1.54) is 16.7 Å². The summed E-state index contributed by atoms with van der Waals surface area (Å²) in [7, 11) is 0. The highest BCUT2D eigenvalue weighted by Gasteiger charge is 2.12. The van der Waals surface area contributed by atoms with Crippen LogP contribution in [0.15, 0.2) is 46.1 Å². The van der Waals surface area contributed by atoms with Gasteiger partial charge in [-0.25, -0.2) is 4.99 Å². The van der Waals surface area contributed by atoms with E-state index in [9.17, 15) is 0 Å². The van der Waals surface area contributed by atoms with Gasteiger partial charge in [-0.15, -0.1) is 0 Å². The third kappa shape index (κ3) is 5.83. The monoisotopic (exact) mass is 372 g/mol. The Morgan fingerprint density at radius 3 is 2.69 bits per heavy atom. The first-order valence-electron chi connectivity index (χ1n) is 9.25. The molecule has 1 aromatic carbocycles. The van der Waals surface area contributed by atoms with Gasteiger partial charge < -0.3 is 15.4 Å². The molecule has 0 unspecified atom stereocenters. The number of thiophene rings is 1. The molecule has 3 rings (SSSR count). The lowest BCUT2D eigenvalue weighted by atomic mass is 10.1. The summed E-state index contributed by atoms with van der Waals surface area (Å²) in [4.78, 5) is 7.15. The van der Waals surface area contributed by atoms with E-state index in [0.717, 1.165) is 51.9 Å². The number of hydrogen-bond donors (Lipinski definition) is 2. The molecule has 0 saturated carbocycles. The Morgan fingerprint density at radius 2 is 1.96 bits per heavy atom. The normalized spacial score (nSPS) is 15.8. The molecule has 26 heavy (non-hydrogen) atoms. The van der Waals surface area contributed by atoms with Crippen molar-refractivity contribution in [1.82, 2.24) is 15.5 Å². The molecule has 0 aliphatic carbocycles. The van der Waals surface area contributed by atoms with Crippen LogP contribution in [0.3, 0.4) is 0 Å². The Balaban J connectivity index is 1.60. The minimum Gasteiger partial charge on any atom is -0.379 e. The van der Waals surface area contributed by atoms with Crippen LogP contribution >= 0.6 is 11.3 Å². The number of hydrogen-bond acceptors (Lipinski definition) is 4. The highest BCUT2D eigenvalue weighted by molar-refractivity contribution is 7.07. The zero-order chi connectivity index (χ0) is 18.0. The van der Waals surface area contributed by atoms with Crippen LogP contribution in [0.2, 0.25) is 0 Å². The molecule has 6 heteroatoms. The summed E-state index contributed by atoms with van der Waals surface area (Å²) in [5.41, 5.74) is 3.94. The van der Waals surface area contributed by atoms with Crippen molar-refractivity contribution < 1.29 is 4.74 Å². The van der Waals surface area contributed by atoms with E-state index in [2.05, 4.69) is 63.5 Å². The summed E-state index contributed by atoms with van der Waals surface area (Å²) in [6.45, 7) is 9.08. The molecule has 2 heterocycles. The van der Waals surface area contributed by atoms with Crippen LogP contribution in [0.4, 0.5) is 0 Å². The Morgan fingerprint density at radius 1 is 1.15 bits per heavy atom. The van der Waals surface area contributed by atoms with Gasteiger partial charge in [0.25, 0.3) is 0 Å². The third-order valence-corrected chi connectivity index (χ3v) is 5.14. The largest absolute Gasteiger partial charge is 0.379 e. The number of ether oxygens (including phenoxy) is 1. The summed E-state index contributed by atoms with van der Waals surface area (Å²) in [5, 5.41) is 11.0. The molecule has 1 saturated heterocycles. The first-order chi connectivity index (χ1) is 12.8. The summed E-state index contributed by atoms with van der Waals surface area (Å²) >= 11 is 1.71. The van der Waals surface area contributed by atoms with E-state index < -0.39 is 0 Å². The van der Waals surface area contributed by atoms with Crippen LogP contribution in [0, 0.1) is 0 Å². The maximum atomic E-state index is 5.45. The fourth-order valence-corrected chi connectivity index (χ4v) is 3.62. The zero-order valence-electron chi connectivity index (χ0n) is 15.4. The van der Waals surface area contributed by atoms with E-state index in [1.807, 2.05) is 0 Å². The molecule has 140 valence electrons. The number of morpholine rings is 1. The lowest BCUT2D eigenvalue weighted by Gasteiger charge is -2.27.